The van der Waals surface area contributed by atoms with Crippen molar-refractivity contribution in [2.45, 2.75) is 23.5 Å². The summed E-state index contributed by atoms with van der Waals surface area (Å²) in [4.78, 5) is 40.5. The van der Waals surface area contributed by atoms with E-state index in [1.54, 1.807) is 73.8 Å². The lowest BCUT2D eigenvalue weighted by Crippen LogP contribution is -2.30. The second kappa shape index (κ2) is 16.0. The summed E-state index contributed by atoms with van der Waals surface area (Å²) in [5, 5.41) is 8.25. The van der Waals surface area contributed by atoms with Gasteiger partial charge in [0.25, 0.3) is 11.8 Å². The Hall–Kier alpha value is -4.29. The molecule has 10 heteroatoms. The van der Waals surface area contributed by atoms with Gasteiger partial charge < -0.3 is 25.4 Å². The number of hydrogen-bond donors (Lipinski definition) is 3. The van der Waals surface area contributed by atoms with Crippen molar-refractivity contribution in [3.05, 3.63) is 117 Å². The first kappa shape index (κ1) is 32.6. The molecule has 0 radical (unpaired) electrons. The first-order valence-electron chi connectivity index (χ1n) is 13.7. The summed E-state index contributed by atoms with van der Waals surface area (Å²) in [7, 11) is 3.06. The van der Waals surface area contributed by atoms with E-state index in [1.807, 2.05) is 37.3 Å². The Balaban J connectivity index is 1.55. The van der Waals surface area contributed by atoms with Gasteiger partial charge in [0, 0.05) is 31.0 Å². The van der Waals surface area contributed by atoms with Crippen molar-refractivity contribution < 1.29 is 23.9 Å². The summed E-state index contributed by atoms with van der Waals surface area (Å²) in [5.41, 5.74) is 2.19. The molecule has 0 spiro atoms. The third kappa shape index (κ3) is 9.10. The largest absolute Gasteiger partial charge is 0.497 e. The summed E-state index contributed by atoms with van der Waals surface area (Å²) >= 11 is 3.63. The predicted molar refractivity (Wildman–Crippen MR) is 184 cm³/mol. The van der Waals surface area contributed by atoms with Crippen molar-refractivity contribution in [2.24, 2.45) is 0 Å². The van der Waals surface area contributed by atoms with Gasteiger partial charge in [-0.25, -0.2) is 0 Å². The van der Waals surface area contributed by atoms with Crippen molar-refractivity contribution in [3.8, 4) is 11.5 Å². The zero-order valence-corrected chi connectivity index (χ0v) is 27.4. The molecular formula is C34H32IN3O5S. The molecule has 3 amide bonds. The first-order valence-corrected chi connectivity index (χ1v) is 15.7. The highest BCUT2D eigenvalue weighted by Crippen LogP contribution is 2.30. The fourth-order valence-electron chi connectivity index (χ4n) is 4.14. The molecule has 1 unspecified atom stereocenters. The highest BCUT2D eigenvalue weighted by atomic mass is 127. The molecule has 44 heavy (non-hydrogen) atoms. The van der Waals surface area contributed by atoms with E-state index in [4.69, 9.17) is 9.47 Å². The third-order valence-electron chi connectivity index (χ3n) is 6.41. The minimum Gasteiger partial charge on any atom is -0.497 e. The summed E-state index contributed by atoms with van der Waals surface area (Å²) in [5.74, 6) is -0.0212. The second-order valence-corrected chi connectivity index (χ2v) is 12.0. The number of nitrogens with one attached hydrogen (secondary N) is 3. The normalized spacial score (nSPS) is 11.7. The monoisotopic (exact) mass is 721 g/mol. The van der Waals surface area contributed by atoms with Crippen LogP contribution in [0.5, 0.6) is 11.5 Å². The molecular weight excluding hydrogens is 689 g/mol. The van der Waals surface area contributed by atoms with Gasteiger partial charge in [0.2, 0.25) is 5.91 Å². The van der Waals surface area contributed by atoms with Crippen LogP contribution in [0.4, 0.5) is 11.4 Å². The molecule has 4 rings (SSSR count). The number of hydrogen-bond acceptors (Lipinski definition) is 6. The Morgan fingerprint density at radius 2 is 1.59 bits per heavy atom. The molecule has 0 aliphatic rings. The summed E-state index contributed by atoms with van der Waals surface area (Å²) in [6.45, 7) is 1.95. The van der Waals surface area contributed by atoms with E-state index in [2.05, 4.69) is 38.5 Å². The Labute approximate surface area is 274 Å². The maximum absolute atomic E-state index is 13.6. The van der Waals surface area contributed by atoms with E-state index in [0.717, 1.165) is 14.2 Å². The lowest BCUT2D eigenvalue weighted by Gasteiger charge is -2.16. The number of rotatable bonds is 12. The maximum atomic E-state index is 13.6. The molecule has 3 N–H and O–H groups in total. The number of ether oxygens (including phenoxy) is 2. The van der Waals surface area contributed by atoms with Crippen molar-refractivity contribution in [3.63, 3.8) is 0 Å². The Kier molecular flexibility index (Phi) is 11.8. The van der Waals surface area contributed by atoms with Gasteiger partial charge in [-0.1, -0.05) is 31.2 Å². The Bertz CT molecular complexity index is 1640. The van der Waals surface area contributed by atoms with Crippen molar-refractivity contribution >= 4 is 69.5 Å². The Morgan fingerprint density at radius 3 is 2.27 bits per heavy atom. The number of amides is 3. The molecule has 4 aromatic carbocycles. The standard InChI is InChI=1S/C34H32IN3O5S/c1-4-31(34(41)36-25-15-13-24(35)14-16-25)44-28-12-8-11-26(21-28)37-33(40)29(38-32(39)22-9-6-5-7-10-22)20-23-19-27(42-2)17-18-30(23)43-3/h5-21,31H,4H2,1-3H3,(H,36,41)(H,37,40)(H,38,39)/b29-20+. The van der Waals surface area contributed by atoms with E-state index < -0.39 is 11.8 Å². The zero-order chi connectivity index (χ0) is 31.5. The minimum atomic E-state index is -0.537. The summed E-state index contributed by atoms with van der Waals surface area (Å²) in [6, 6.07) is 28.7. The molecule has 226 valence electrons. The van der Waals surface area contributed by atoms with E-state index >= 15 is 0 Å². The average Bonchev–Trinajstić information content (AvgIpc) is 3.04. The molecule has 0 aliphatic heterocycles. The van der Waals surface area contributed by atoms with Gasteiger partial charge >= 0.3 is 0 Å². The topological polar surface area (TPSA) is 106 Å². The van der Waals surface area contributed by atoms with Crippen LogP contribution in [0.2, 0.25) is 0 Å². The molecule has 0 aliphatic carbocycles. The number of carbonyl (C=O) groups excluding carboxylic acids is 3. The van der Waals surface area contributed by atoms with Gasteiger partial charge in [-0.15, -0.1) is 11.8 Å². The predicted octanol–water partition coefficient (Wildman–Crippen LogP) is 7.23. The molecule has 4 aromatic rings. The van der Waals surface area contributed by atoms with E-state index in [0.29, 0.717) is 34.7 Å². The average molecular weight is 722 g/mol. The van der Waals surface area contributed by atoms with Crippen molar-refractivity contribution in [2.75, 3.05) is 24.9 Å². The van der Waals surface area contributed by atoms with Gasteiger partial charge in [0.05, 0.1) is 19.5 Å². The molecule has 0 heterocycles. The molecule has 8 nitrogen and oxygen atoms in total. The van der Waals surface area contributed by atoms with Crippen LogP contribution in [-0.2, 0) is 9.59 Å². The third-order valence-corrected chi connectivity index (χ3v) is 8.49. The van der Waals surface area contributed by atoms with Crippen LogP contribution in [-0.4, -0.2) is 37.2 Å². The number of anilines is 2. The van der Waals surface area contributed by atoms with Gasteiger partial charge in [-0.2, -0.15) is 0 Å². The van der Waals surface area contributed by atoms with E-state index in [9.17, 15) is 14.4 Å². The Morgan fingerprint density at radius 1 is 0.841 bits per heavy atom. The van der Waals surface area contributed by atoms with Gasteiger partial charge in [0.15, 0.2) is 0 Å². The van der Waals surface area contributed by atoms with E-state index in [1.165, 1.54) is 24.9 Å². The lowest BCUT2D eigenvalue weighted by atomic mass is 10.1. The molecule has 0 aromatic heterocycles. The quantitative estimate of drug-likeness (QED) is 0.0811. The van der Waals surface area contributed by atoms with Crippen LogP contribution in [0.25, 0.3) is 6.08 Å². The van der Waals surface area contributed by atoms with Crippen LogP contribution < -0.4 is 25.4 Å². The van der Waals surface area contributed by atoms with Crippen LogP contribution in [0.15, 0.2) is 108 Å². The number of thioether (sulfide) groups is 1. The van der Waals surface area contributed by atoms with Gasteiger partial charge in [0.1, 0.15) is 17.2 Å². The molecule has 0 saturated heterocycles. The molecule has 1 atom stereocenters. The molecule has 0 bridgehead atoms. The number of benzene rings is 4. The number of methoxy groups -OCH3 is 2. The molecule has 0 fully saturated rings. The smallest absolute Gasteiger partial charge is 0.272 e. The zero-order valence-electron chi connectivity index (χ0n) is 24.4. The highest BCUT2D eigenvalue weighted by molar-refractivity contribution is 14.1. The highest BCUT2D eigenvalue weighted by Gasteiger charge is 2.20. The summed E-state index contributed by atoms with van der Waals surface area (Å²) < 4.78 is 11.9. The van der Waals surface area contributed by atoms with Gasteiger partial charge in [-0.3, -0.25) is 14.4 Å². The van der Waals surface area contributed by atoms with Crippen molar-refractivity contribution in [1.29, 1.82) is 0 Å². The van der Waals surface area contributed by atoms with Crippen LogP contribution >= 0.6 is 34.4 Å². The van der Waals surface area contributed by atoms with Crippen LogP contribution in [0, 0.1) is 3.57 Å². The minimum absolute atomic E-state index is 0.00629. The maximum Gasteiger partial charge on any atom is 0.272 e. The summed E-state index contributed by atoms with van der Waals surface area (Å²) in [6.07, 6.45) is 2.15. The number of halogens is 1. The molecule has 0 saturated carbocycles. The SMILES string of the molecule is CCC(Sc1cccc(NC(=O)/C(=C\c2cc(OC)ccc2OC)NC(=O)c2ccccc2)c1)C(=O)Nc1ccc(I)cc1. The first-order chi connectivity index (χ1) is 21.3. The van der Waals surface area contributed by atoms with Crippen molar-refractivity contribution in [1.82, 2.24) is 5.32 Å². The lowest BCUT2D eigenvalue weighted by molar-refractivity contribution is -0.116. The van der Waals surface area contributed by atoms with Crippen LogP contribution in [0.1, 0.15) is 29.3 Å². The fraction of sp³-hybridized carbons (Fsp3) is 0.147. The fourth-order valence-corrected chi connectivity index (χ4v) is 5.51. The second-order valence-electron chi connectivity index (χ2n) is 9.48. The van der Waals surface area contributed by atoms with E-state index in [-0.39, 0.29) is 16.9 Å². The number of carbonyl (C=O) groups is 3. The van der Waals surface area contributed by atoms with Crippen LogP contribution in [0.3, 0.4) is 0 Å². The van der Waals surface area contributed by atoms with Gasteiger partial charge in [-0.05, 0) is 108 Å².